The number of carbonyl (C=O) groups is 2. The van der Waals surface area contributed by atoms with Crippen LogP contribution < -0.4 is 0 Å². The lowest BCUT2D eigenvalue weighted by Gasteiger charge is -2.38. The molecule has 29 heavy (non-hydrogen) atoms. The second-order valence-corrected chi connectivity index (χ2v) is 8.03. The number of hydrogen-bond acceptors (Lipinski definition) is 4. The number of piperidine rings is 1. The molecule has 2 atom stereocenters. The number of rotatable bonds is 5. The van der Waals surface area contributed by atoms with Gasteiger partial charge in [0, 0.05) is 51.0 Å². The molecule has 1 aromatic carbocycles. The highest BCUT2D eigenvalue weighted by atomic mass is 16.2. The van der Waals surface area contributed by atoms with Crippen molar-refractivity contribution >= 4 is 11.9 Å². The lowest BCUT2D eigenvalue weighted by Crippen LogP contribution is -2.48. The van der Waals surface area contributed by atoms with Crippen molar-refractivity contribution in [2.45, 2.75) is 44.3 Å². The molecule has 0 bridgehead atoms. The zero-order chi connectivity index (χ0) is 20.4. The third kappa shape index (κ3) is 3.90. The van der Waals surface area contributed by atoms with Gasteiger partial charge in [-0.2, -0.15) is 0 Å². The largest absolute Gasteiger partial charge is 0.327 e. The van der Waals surface area contributed by atoms with Gasteiger partial charge in [-0.1, -0.05) is 30.3 Å². The number of imide groups is 1. The van der Waals surface area contributed by atoms with Crippen molar-refractivity contribution in [1.29, 1.82) is 0 Å². The Morgan fingerprint density at radius 2 is 1.69 bits per heavy atom. The highest BCUT2D eigenvalue weighted by Crippen LogP contribution is 2.29. The third-order valence-corrected chi connectivity index (χ3v) is 6.37. The van der Waals surface area contributed by atoms with Crippen molar-refractivity contribution in [3.8, 4) is 0 Å². The summed E-state index contributed by atoms with van der Waals surface area (Å²) in [6, 6.07) is 13.7. The van der Waals surface area contributed by atoms with Crippen LogP contribution in [0, 0.1) is 0 Å². The fraction of sp³-hybridized carbons (Fsp3) is 0.435. The smallest absolute Gasteiger partial charge is 0.315 e. The van der Waals surface area contributed by atoms with E-state index in [1.54, 1.807) is 11.9 Å². The molecule has 2 saturated heterocycles. The highest BCUT2D eigenvalue weighted by Gasteiger charge is 2.46. The maximum Gasteiger partial charge on any atom is 0.327 e. The van der Waals surface area contributed by atoms with Crippen LogP contribution >= 0.6 is 0 Å². The lowest BCUT2D eigenvalue weighted by atomic mass is 9.99. The van der Waals surface area contributed by atoms with E-state index in [2.05, 4.69) is 16.8 Å². The van der Waals surface area contributed by atoms with Crippen LogP contribution in [0.25, 0.3) is 0 Å². The molecule has 0 saturated carbocycles. The molecular weight excluding hydrogens is 364 g/mol. The predicted octanol–water partition coefficient (Wildman–Crippen LogP) is 3.11. The molecule has 6 nitrogen and oxygen atoms in total. The number of urea groups is 1. The number of hydrogen-bond donors (Lipinski definition) is 0. The van der Waals surface area contributed by atoms with Crippen molar-refractivity contribution in [2.24, 2.45) is 0 Å². The summed E-state index contributed by atoms with van der Waals surface area (Å²) in [4.78, 5) is 35.6. The van der Waals surface area contributed by atoms with Gasteiger partial charge in [-0.15, -0.1) is 0 Å². The molecule has 152 valence electrons. The van der Waals surface area contributed by atoms with Crippen LogP contribution in [0.2, 0.25) is 0 Å². The average molecular weight is 393 g/mol. The van der Waals surface area contributed by atoms with E-state index in [1.807, 2.05) is 54.9 Å². The molecule has 0 spiro atoms. The summed E-state index contributed by atoms with van der Waals surface area (Å²) in [5.74, 6) is -0.0537. The topological polar surface area (TPSA) is 56.8 Å². The predicted molar refractivity (Wildman–Crippen MR) is 111 cm³/mol. The monoisotopic (exact) mass is 392 g/mol. The first-order valence-electron chi connectivity index (χ1n) is 10.3. The molecule has 4 rings (SSSR count). The summed E-state index contributed by atoms with van der Waals surface area (Å²) in [5, 5.41) is 0. The zero-order valence-corrected chi connectivity index (χ0v) is 17.1. The van der Waals surface area contributed by atoms with E-state index in [0.717, 1.165) is 31.5 Å². The van der Waals surface area contributed by atoms with Crippen LogP contribution in [0.15, 0.2) is 54.9 Å². The Kier molecular flexibility index (Phi) is 5.62. The van der Waals surface area contributed by atoms with Gasteiger partial charge in [0.15, 0.2) is 0 Å². The minimum atomic E-state index is -0.404. The average Bonchev–Trinajstić information content (AvgIpc) is 2.98. The van der Waals surface area contributed by atoms with Gasteiger partial charge in [0.1, 0.15) is 6.04 Å². The SMILES string of the molecule is CC(c1ccncc1)N1CCC(N2C(=O)[C@@H](Cc3ccccc3)N(C)C2=O)CC1. The van der Waals surface area contributed by atoms with E-state index in [-0.39, 0.29) is 18.0 Å². The Bertz CT molecular complexity index is 850. The van der Waals surface area contributed by atoms with Crippen LogP contribution in [0.1, 0.15) is 36.9 Å². The number of nitrogens with zero attached hydrogens (tertiary/aromatic N) is 4. The summed E-state index contributed by atoms with van der Waals surface area (Å²) < 4.78 is 0. The van der Waals surface area contributed by atoms with E-state index < -0.39 is 6.04 Å². The van der Waals surface area contributed by atoms with Crippen LogP contribution in [0.3, 0.4) is 0 Å². The molecule has 6 heteroatoms. The summed E-state index contributed by atoms with van der Waals surface area (Å²) in [5.41, 5.74) is 2.32. The van der Waals surface area contributed by atoms with Crippen LogP contribution in [0.5, 0.6) is 0 Å². The second kappa shape index (κ2) is 8.33. The number of benzene rings is 1. The van der Waals surface area contributed by atoms with E-state index in [1.165, 1.54) is 10.5 Å². The lowest BCUT2D eigenvalue weighted by molar-refractivity contribution is -0.130. The Morgan fingerprint density at radius 3 is 2.34 bits per heavy atom. The van der Waals surface area contributed by atoms with Gasteiger partial charge in [0.25, 0.3) is 5.91 Å². The normalized spacial score (nSPS) is 22.3. The zero-order valence-electron chi connectivity index (χ0n) is 17.1. The van der Waals surface area contributed by atoms with E-state index >= 15 is 0 Å². The first-order chi connectivity index (χ1) is 14.1. The molecule has 1 unspecified atom stereocenters. The Balaban J connectivity index is 1.40. The number of likely N-dealkylation sites (tertiary alicyclic amines) is 1. The van der Waals surface area contributed by atoms with E-state index in [9.17, 15) is 9.59 Å². The quantitative estimate of drug-likeness (QED) is 0.734. The van der Waals surface area contributed by atoms with Gasteiger partial charge in [-0.3, -0.25) is 19.6 Å². The van der Waals surface area contributed by atoms with Crippen LogP contribution in [-0.2, 0) is 11.2 Å². The maximum absolute atomic E-state index is 13.1. The molecule has 2 aliphatic rings. The van der Waals surface area contributed by atoms with Crippen molar-refractivity contribution < 1.29 is 9.59 Å². The molecule has 0 radical (unpaired) electrons. The summed E-state index contributed by atoms with van der Waals surface area (Å²) >= 11 is 0. The molecule has 0 N–H and O–H groups in total. The van der Waals surface area contributed by atoms with Gasteiger partial charge < -0.3 is 4.90 Å². The Hall–Kier alpha value is -2.73. The molecule has 1 aromatic heterocycles. The van der Waals surface area contributed by atoms with Gasteiger partial charge in [-0.05, 0) is 43.0 Å². The van der Waals surface area contributed by atoms with Crippen molar-refractivity contribution in [2.75, 3.05) is 20.1 Å². The van der Waals surface area contributed by atoms with Crippen molar-refractivity contribution in [3.63, 3.8) is 0 Å². The first-order valence-corrected chi connectivity index (χ1v) is 10.3. The van der Waals surface area contributed by atoms with Crippen LogP contribution in [0.4, 0.5) is 4.79 Å². The summed E-state index contributed by atoms with van der Waals surface area (Å²) in [6.07, 6.45) is 5.85. The van der Waals surface area contributed by atoms with Crippen molar-refractivity contribution in [1.82, 2.24) is 19.7 Å². The fourth-order valence-electron chi connectivity index (χ4n) is 4.51. The van der Waals surface area contributed by atoms with Gasteiger partial charge in [0.05, 0.1) is 0 Å². The molecule has 3 heterocycles. The minimum absolute atomic E-state index is 0.0147. The van der Waals surface area contributed by atoms with Gasteiger partial charge in [-0.25, -0.2) is 4.79 Å². The second-order valence-electron chi connectivity index (χ2n) is 8.03. The van der Waals surface area contributed by atoms with Gasteiger partial charge in [0.2, 0.25) is 0 Å². The molecule has 2 fully saturated rings. The number of carbonyl (C=O) groups excluding carboxylic acids is 2. The molecular formula is C23H28N4O2. The minimum Gasteiger partial charge on any atom is -0.315 e. The number of likely N-dealkylation sites (N-methyl/N-ethyl adjacent to an activating group) is 1. The fourth-order valence-corrected chi connectivity index (χ4v) is 4.51. The van der Waals surface area contributed by atoms with E-state index in [4.69, 9.17) is 0 Å². The first kappa shape index (κ1) is 19.6. The standard InChI is InChI=1S/C23H28N4O2/c1-17(19-8-12-24-13-9-19)26-14-10-20(11-15-26)27-22(28)21(25(2)23(27)29)16-18-6-4-3-5-7-18/h3-9,12-13,17,20-21H,10-11,14-16H2,1-2H3/t17?,21-/m1/s1. The van der Waals surface area contributed by atoms with Crippen LogP contribution in [-0.4, -0.2) is 63.8 Å². The number of pyridine rings is 1. The molecule has 3 amide bonds. The Morgan fingerprint density at radius 1 is 1.03 bits per heavy atom. The highest BCUT2D eigenvalue weighted by molar-refractivity contribution is 6.04. The molecule has 0 aliphatic carbocycles. The van der Waals surface area contributed by atoms with E-state index in [0.29, 0.717) is 12.5 Å². The van der Waals surface area contributed by atoms with Gasteiger partial charge >= 0.3 is 6.03 Å². The number of aromatic nitrogens is 1. The summed E-state index contributed by atoms with van der Waals surface area (Å²) in [6.45, 7) is 3.95. The van der Waals surface area contributed by atoms with Crippen molar-refractivity contribution in [3.05, 3.63) is 66.0 Å². The number of amides is 3. The third-order valence-electron chi connectivity index (χ3n) is 6.37. The maximum atomic E-state index is 13.1. The molecule has 2 aromatic rings. The summed E-state index contributed by atoms with van der Waals surface area (Å²) in [7, 11) is 1.74. The Labute approximate surface area is 172 Å². The molecule has 2 aliphatic heterocycles.